The third-order valence-corrected chi connectivity index (χ3v) is 3.43. The maximum atomic E-state index is 10.2. The second-order valence-electron chi connectivity index (χ2n) is 3.04. The van der Waals surface area contributed by atoms with Crippen LogP contribution in [0.15, 0.2) is 22.9 Å². The van der Waals surface area contributed by atoms with Gasteiger partial charge in [-0.05, 0) is 0 Å². The van der Waals surface area contributed by atoms with E-state index < -0.39 is 4.92 Å². The van der Waals surface area contributed by atoms with E-state index in [-0.39, 0.29) is 0 Å². The van der Waals surface area contributed by atoms with E-state index in [1.165, 1.54) is 0 Å². The van der Waals surface area contributed by atoms with Gasteiger partial charge in [0.1, 0.15) is 0 Å². The number of nitrogens with one attached hydrogen (secondary N) is 2. The highest BCUT2D eigenvalue weighted by Crippen LogP contribution is 2.11. The highest BCUT2D eigenvalue weighted by Gasteiger charge is 1.99. The zero-order chi connectivity index (χ0) is 12.5. The number of hydrogen-bond donors (Lipinski definition) is 2. The Bertz CT molecular complexity index is 367. The molecule has 0 saturated heterocycles. The van der Waals surface area contributed by atoms with Crippen LogP contribution in [0.5, 0.6) is 0 Å². The molecule has 0 saturated carbocycles. The molecule has 2 N–H and O–H groups in total. The van der Waals surface area contributed by atoms with Gasteiger partial charge in [-0.2, -0.15) is 11.8 Å². The van der Waals surface area contributed by atoms with Crippen molar-refractivity contribution in [3.05, 3.63) is 38.7 Å². The lowest BCUT2D eigenvalue weighted by atomic mass is 10.6. The van der Waals surface area contributed by atoms with Gasteiger partial charge in [0.15, 0.2) is 5.82 Å². The molecule has 0 aliphatic heterocycles. The molecule has 6 nitrogen and oxygen atoms in total. The van der Waals surface area contributed by atoms with Gasteiger partial charge >= 0.3 is 0 Å². The van der Waals surface area contributed by atoms with E-state index in [1.807, 2.05) is 10.9 Å². The summed E-state index contributed by atoms with van der Waals surface area (Å²) in [7, 11) is 1.64. The van der Waals surface area contributed by atoms with Gasteiger partial charge in [-0.1, -0.05) is 0 Å². The van der Waals surface area contributed by atoms with Crippen LogP contribution in [0, 0.1) is 10.1 Å². The first-order valence-electron chi connectivity index (χ1n) is 4.94. The first-order chi connectivity index (χ1) is 8.22. The SMILES string of the molecule is CNC(=C[N+](=O)[O-])NCCSCc1cscn1. The number of thiazole rings is 1. The summed E-state index contributed by atoms with van der Waals surface area (Å²) in [6, 6.07) is 0. The molecule has 0 amide bonds. The molecule has 0 fully saturated rings. The van der Waals surface area contributed by atoms with Gasteiger partial charge in [-0.15, -0.1) is 11.3 Å². The van der Waals surface area contributed by atoms with Crippen molar-refractivity contribution >= 4 is 23.1 Å². The Kier molecular flexibility index (Phi) is 6.41. The van der Waals surface area contributed by atoms with Crippen molar-refractivity contribution in [1.82, 2.24) is 15.6 Å². The zero-order valence-electron chi connectivity index (χ0n) is 9.38. The summed E-state index contributed by atoms with van der Waals surface area (Å²) in [5.74, 6) is 2.16. The van der Waals surface area contributed by atoms with Crippen LogP contribution in [0.2, 0.25) is 0 Å². The number of aromatic nitrogens is 1. The van der Waals surface area contributed by atoms with Gasteiger partial charge in [0.25, 0.3) is 6.20 Å². The van der Waals surface area contributed by atoms with Crippen LogP contribution in [-0.4, -0.2) is 29.3 Å². The van der Waals surface area contributed by atoms with Crippen LogP contribution in [0.1, 0.15) is 5.69 Å². The van der Waals surface area contributed by atoms with E-state index in [0.29, 0.717) is 12.4 Å². The molecule has 1 rings (SSSR count). The molecule has 0 aromatic carbocycles. The first kappa shape index (κ1) is 13.8. The van der Waals surface area contributed by atoms with E-state index in [1.54, 1.807) is 30.1 Å². The van der Waals surface area contributed by atoms with Crippen LogP contribution in [0.25, 0.3) is 0 Å². The van der Waals surface area contributed by atoms with Crippen molar-refractivity contribution in [3.63, 3.8) is 0 Å². The van der Waals surface area contributed by atoms with Crippen molar-refractivity contribution in [3.8, 4) is 0 Å². The molecule has 1 aromatic heterocycles. The van der Waals surface area contributed by atoms with Crippen LogP contribution in [0.3, 0.4) is 0 Å². The third-order valence-electron chi connectivity index (χ3n) is 1.80. The van der Waals surface area contributed by atoms with E-state index in [9.17, 15) is 10.1 Å². The quantitative estimate of drug-likeness (QED) is 0.422. The molecule has 1 heterocycles. The molecule has 0 spiro atoms. The maximum Gasteiger partial charge on any atom is 0.274 e. The molecule has 0 atom stereocenters. The highest BCUT2D eigenvalue weighted by molar-refractivity contribution is 7.98. The number of thioether (sulfide) groups is 1. The Labute approximate surface area is 108 Å². The summed E-state index contributed by atoms with van der Waals surface area (Å²) in [5, 5.41) is 17.9. The van der Waals surface area contributed by atoms with E-state index in [2.05, 4.69) is 15.6 Å². The van der Waals surface area contributed by atoms with Crippen LogP contribution in [0.4, 0.5) is 0 Å². The molecular formula is C9H14N4O2S2. The molecule has 0 unspecified atom stereocenters. The Hall–Kier alpha value is -1.28. The predicted molar refractivity (Wildman–Crippen MR) is 70.4 cm³/mol. The number of hydrogen-bond acceptors (Lipinski definition) is 7. The third kappa shape index (κ3) is 6.12. The molecule has 17 heavy (non-hydrogen) atoms. The Morgan fingerprint density at radius 3 is 3.18 bits per heavy atom. The Balaban J connectivity index is 2.13. The summed E-state index contributed by atoms with van der Waals surface area (Å²) < 4.78 is 0. The topological polar surface area (TPSA) is 80.1 Å². The summed E-state index contributed by atoms with van der Waals surface area (Å²) in [5.41, 5.74) is 2.89. The Morgan fingerprint density at radius 1 is 1.76 bits per heavy atom. The molecule has 94 valence electrons. The monoisotopic (exact) mass is 274 g/mol. The summed E-state index contributed by atoms with van der Waals surface area (Å²) in [6.45, 7) is 0.676. The van der Waals surface area contributed by atoms with Crippen LogP contribution >= 0.6 is 23.1 Å². The van der Waals surface area contributed by atoms with Crippen molar-refractivity contribution in [2.75, 3.05) is 19.3 Å². The van der Waals surface area contributed by atoms with E-state index >= 15 is 0 Å². The van der Waals surface area contributed by atoms with Crippen LogP contribution < -0.4 is 10.6 Å². The maximum absolute atomic E-state index is 10.2. The zero-order valence-corrected chi connectivity index (χ0v) is 11.0. The minimum absolute atomic E-state index is 0.421. The van der Waals surface area contributed by atoms with Gasteiger partial charge in [0.2, 0.25) is 0 Å². The van der Waals surface area contributed by atoms with E-state index in [4.69, 9.17) is 0 Å². The fourth-order valence-electron chi connectivity index (χ4n) is 1.05. The second-order valence-corrected chi connectivity index (χ2v) is 4.86. The molecule has 0 bridgehead atoms. The van der Waals surface area contributed by atoms with Crippen molar-refractivity contribution in [2.45, 2.75) is 5.75 Å². The van der Waals surface area contributed by atoms with Crippen molar-refractivity contribution < 1.29 is 4.92 Å². The number of rotatable bonds is 8. The minimum atomic E-state index is -0.485. The predicted octanol–water partition coefficient (Wildman–Crippen LogP) is 1.26. The minimum Gasteiger partial charge on any atom is -0.370 e. The van der Waals surface area contributed by atoms with Gasteiger partial charge in [0.05, 0.1) is 16.1 Å². The standard InChI is InChI=1S/C9H14N4O2S2/c1-10-9(4-13(14)15)11-2-3-16-5-8-6-17-7-12-8/h4,6-7,10-11H,2-3,5H2,1H3. The number of nitro groups is 1. The Morgan fingerprint density at radius 2 is 2.59 bits per heavy atom. The summed E-state index contributed by atoms with van der Waals surface area (Å²) in [4.78, 5) is 13.9. The molecule has 0 radical (unpaired) electrons. The van der Waals surface area contributed by atoms with Crippen molar-refractivity contribution in [2.24, 2.45) is 0 Å². The molecule has 0 aliphatic carbocycles. The molecule has 1 aromatic rings. The molecule has 0 aliphatic rings. The van der Waals surface area contributed by atoms with Gasteiger partial charge in [-0.25, -0.2) is 4.98 Å². The lowest BCUT2D eigenvalue weighted by Gasteiger charge is -2.06. The normalized spacial score (nSPS) is 11.2. The van der Waals surface area contributed by atoms with Crippen molar-refractivity contribution in [1.29, 1.82) is 0 Å². The summed E-state index contributed by atoms with van der Waals surface area (Å²) >= 11 is 3.32. The van der Waals surface area contributed by atoms with E-state index in [0.717, 1.165) is 23.4 Å². The average Bonchev–Trinajstić information content (AvgIpc) is 2.79. The van der Waals surface area contributed by atoms with Gasteiger partial charge in [-0.3, -0.25) is 10.1 Å². The average molecular weight is 274 g/mol. The smallest absolute Gasteiger partial charge is 0.274 e. The fourth-order valence-corrected chi connectivity index (χ4v) is 2.47. The van der Waals surface area contributed by atoms with Gasteiger partial charge in [0, 0.05) is 30.5 Å². The summed E-state index contributed by atoms with van der Waals surface area (Å²) in [6.07, 6.45) is 0.922. The first-order valence-corrected chi connectivity index (χ1v) is 7.04. The van der Waals surface area contributed by atoms with Gasteiger partial charge < -0.3 is 10.6 Å². The lowest BCUT2D eigenvalue weighted by molar-refractivity contribution is -0.404. The molecular weight excluding hydrogens is 260 g/mol. The molecule has 8 heteroatoms. The lowest BCUT2D eigenvalue weighted by Crippen LogP contribution is -2.26. The number of nitrogens with zero attached hydrogens (tertiary/aromatic N) is 2. The largest absolute Gasteiger partial charge is 0.370 e. The second kappa shape index (κ2) is 7.91. The van der Waals surface area contributed by atoms with Crippen LogP contribution in [-0.2, 0) is 5.75 Å². The highest BCUT2D eigenvalue weighted by atomic mass is 32.2. The fraction of sp³-hybridized carbons (Fsp3) is 0.444.